The molecule has 2 aromatic rings. The van der Waals surface area contributed by atoms with Crippen LogP contribution in [0.3, 0.4) is 0 Å². The third-order valence-electron chi connectivity index (χ3n) is 6.59. The molecule has 1 aromatic heterocycles. The van der Waals surface area contributed by atoms with Crippen molar-refractivity contribution in [3.8, 4) is 5.75 Å². The molecule has 1 amide bonds. The van der Waals surface area contributed by atoms with Crippen molar-refractivity contribution >= 4 is 27.5 Å². The van der Waals surface area contributed by atoms with Crippen LogP contribution in [0.2, 0.25) is 0 Å². The molecule has 0 radical (unpaired) electrons. The van der Waals surface area contributed by atoms with E-state index >= 15 is 0 Å². The molecule has 4 rings (SSSR count). The van der Waals surface area contributed by atoms with Crippen molar-refractivity contribution in [3.05, 3.63) is 36.4 Å². The van der Waals surface area contributed by atoms with E-state index in [1.807, 2.05) is 30.6 Å². The standard InChI is InChI=1S/C24H32FN3O2S/c1-3-5-20(25)15(2)27-17-8-10-18(11-9-17)28-24(29)16-12-19(13-16)30-21-6-4-7-22-23(21)26-14-31-22/h3-4,6-7,14-20,27H,1,5,8-13H2,2H3,(H,28,29)/t15?,16-,17-,18-,19-,20?. The van der Waals surface area contributed by atoms with Gasteiger partial charge in [0.1, 0.15) is 23.5 Å². The number of carbonyl (C=O) groups is 1. The van der Waals surface area contributed by atoms with Crippen LogP contribution in [0.5, 0.6) is 5.75 Å². The molecule has 1 aromatic carbocycles. The Labute approximate surface area is 187 Å². The van der Waals surface area contributed by atoms with Crippen molar-refractivity contribution in [1.29, 1.82) is 0 Å². The highest BCUT2D eigenvalue weighted by atomic mass is 32.1. The smallest absolute Gasteiger partial charge is 0.223 e. The van der Waals surface area contributed by atoms with Crippen LogP contribution < -0.4 is 15.4 Å². The number of hydrogen-bond donors (Lipinski definition) is 2. The third-order valence-corrected chi connectivity index (χ3v) is 7.38. The highest BCUT2D eigenvalue weighted by Gasteiger charge is 2.37. The van der Waals surface area contributed by atoms with Gasteiger partial charge in [-0.2, -0.15) is 0 Å². The van der Waals surface area contributed by atoms with Gasteiger partial charge in [-0.1, -0.05) is 12.1 Å². The number of carbonyl (C=O) groups excluding carboxylic acids is 1. The minimum absolute atomic E-state index is 0.0294. The minimum Gasteiger partial charge on any atom is -0.488 e. The molecule has 2 atom stereocenters. The molecule has 0 bridgehead atoms. The van der Waals surface area contributed by atoms with Gasteiger partial charge in [0.15, 0.2) is 0 Å². The second kappa shape index (κ2) is 10.1. The fourth-order valence-electron chi connectivity index (χ4n) is 4.57. The summed E-state index contributed by atoms with van der Waals surface area (Å²) in [6, 6.07) is 6.35. The summed E-state index contributed by atoms with van der Waals surface area (Å²) < 4.78 is 21.2. The molecule has 2 N–H and O–H groups in total. The molecule has 0 spiro atoms. The molecular formula is C24H32FN3O2S. The molecule has 2 aliphatic rings. The number of thiazole rings is 1. The van der Waals surface area contributed by atoms with Gasteiger partial charge in [-0.15, -0.1) is 17.9 Å². The molecule has 2 saturated carbocycles. The van der Waals surface area contributed by atoms with Crippen molar-refractivity contribution in [2.75, 3.05) is 0 Å². The number of fused-ring (bicyclic) bond motifs is 1. The number of aromatic nitrogens is 1. The number of para-hydroxylation sites is 1. The molecule has 31 heavy (non-hydrogen) atoms. The largest absolute Gasteiger partial charge is 0.488 e. The Kier molecular flexibility index (Phi) is 7.23. The topological polar surface area (TPSA) is 63.2 Å². The van der Waals surface area contributed by atoms with Gasteiger partial charge in [0.2, 0.25) is 5.91 Å². The van der Waals surface area contributed by atoms with Gasteiger partial charge in [-0.3, -0.25) is 4.79 Å². The van der Waals surface area contributed by atoms with E-state index in [4.69, 9.17) is 4.74 Å². The molecular weight excluding hydrogens is 413 g/mol. The Morgan fingerprint density at radius 3 is 2.81 bits per heavy atom. The Morgan fingerprint density at radius 1 is 1.32 bits per heavy atom. The number of allylic oxidation sites excluding steroid dienone is 1. The summed E-state index contributed by atoms with van der Waals surface area (Å²) in [5.74, 6) is 0.985. The van der Waals surface area contributed by atoms with Crippen LogP contribution in [0.1, 0.15) is 51.9 Å². The minimum atomic E-state index is -0.897. The molecule has 2 unspecified atom stereocenters. The highest BCUT2D eigenvalue weighted by Crippen LogP contribution is 2.35. The van der Waals surface area contributed by atoms with Crippen LogP contribution >= 0.6 is 11.3 Å². The molecule has 0 aliphatic heterocycles. The van der Waals surface area contributed by atoms with E-state index in [2.05, 4.69) is 22.2 Å². The number of ether oxygens (including phenoxy) is 1. The van der Waals surface area contributed by atoms with Crippen molar-refractivity contribution in [2.24, 2.45) is 5.92 Å². The average Bonchev–Trinajstić information content (AvgIpc) is 3.21. The van der Waals surface area contributed by atoms with Crippen LogP contribution in [0.4, 0.5) is 4.39 Å². The fraction of sp³-hybridized carbons (Fsp3) is 0.583. The first-order valence-electron chi connectivity index (χ1n) is 11.3. The van der Waals surface area contributed by atoms with Gasteiger partial charge in [-0.25, -0.2) is 9.37 Å². The zero-order valence-electron chi connectivity index (χ0n) is 18.1. The summed E-state index contributed by atoms with van der Waals surface area (Å²) in [5.41, 5.74) is 2.74. The summed E-state index contributed by atoms with van der Waals surface area (Å²) in [6.45, 7) is 5.51. The van der Waals surface area contributed by atoms with Gasteiger partial charge in [0.05, 0.1) is 10.2 Å². The van der Waals surface area contributed by atoms with Gasteiger partial charge < -0.3 is 15.4 Å². The summed E-state index contributed by atoms with van der Waals surface area (Å²) in [5, 5.41) is 6.63. The second-order valence-corrected chi connectivity index (χ2v) is 9.80. The molecule has 0 saturated heterocycles. The van der Waals surface area contributed by atoms with E-state index in [0.29, 0.717) is 12.5 Å². The normalized spacial score (nSPS) is 27.8. The Bertz CT molecular complexity index is 890. The number of hydrogen-bond acceptors (Lipinski definition) is 5. The van der Waals surface area contributed by atoms with E-state index < -0.39 is 6.17 Å². The van der Waals surface area contributed by atoms with Crippen molar-refractivity contribution < 1.29 is 13.9 Å². The summed E-state index contributed by atoms with van der Waals surface area (Å²) in [7, 11) is 0. The lowest BCUT2D eigenvalue weighted by molar-refractivity contribution is -0.131. The number of rotatable bonds is 9. The average molecular weight is 446 g/mol. The maximum Gasteiger partial charge on any atom is 0.223 e. The lowest BCUT2D eigenvalue weighted by Crippen LogP contribution is -2.50. The molecule has 2 fully saturated rings. The van der Waals surface area contributed by atoms with Crippen LogP contribution in [0.15, 0.2) is 36.4 Å². The second-order valence-electron chi connectivity index (χ2n) is 8.92. The predicted octanol–water partition coefficient (Wildman–Crippen LogP) is 4.77. The number of alkyl halides is 1. The Morgan fingerprint density at radius 2 is 2.06 bits per heavy atom. The summed E-state index contributed by atoms with van der Waals surface area (Å²) in [6.07, 6.45) is 6.49. The van der Waals surface area contributed by atoms with E-state index in [-0.39, 0.29) is 30.0 Å². The molecule has 1 heterocycles. The van der Waals surface area contributed by atoms with Crippen molar-refractivity contribution in [3.63, 3.8) is 0 Å². The monoisotopic (exact) mass is 445 g/mol. The van der Waals surface area contributed by atoms with Gasteiger partial charge >= 0.3 is 0 Å². The highest BCUT2D eigenvalue weighted by molar-refractivity contribution is 7.16. The molecule has 5 nitrogen and oxygen atoms in total. The summed E-state index contributed by atoms with van der Waals surface area (Å²) >= 11 is 1.60. The first kappa shape index (κ1) is 22.2. The predicted molar refractivity (Wildman–Crippen MR) is 123 cm³/mol. The number of halogens is 1. The quantitative estimate of drug-likeness (QED) is 0.546. The van der Waals surface area contributed by atoms with Gasteiger partial charge in [0, 0.05) is 24.0 Å². The molecule has 7 heteroatoms. The number of nitrogens with one attached hydrogen (secondary N) is 2. The Balaban J connectivity index is 1.16. The van der Waals surface area contributed by atoms with E-state index in [0.717, 1.165) is 54.5 Å². The van der Waals surface area contributed by atoms with Crippen LogP contribution in [-0.4, -0.2) is 41.3 Å². The SMILES string of the molecule is C=CCC(F)C(C)N[C@H]1CC[C@H](NC(=O)[C@H]2C[C@H](Oc3cccc4scnc34)C2)CC1. The fourth-order valence-corrected chi connectivity index (χ4v) is 5.27. The van der Waals surface area contributed by atoms with E-state index in [1.54, 1.807) is 17.4 Å². The van der Waals surface area contributed by atoms with Crippen molar-refractivity contribution in [2.45, 2.75) is 82.3 Å². The lowest BCUT2D eigenvalue weighted by atomic mass is 9.81. The lowest BCUT2D eigenvalue weighted by Gasteiger charge is -2.37. The van der Waals surface area contributed by atoms with Gasteiger partial charge in [0.25, 0.3) is 0 Å². The zero-order valence-corrected chi connectivity index (χ0v) is 18.9. The van der Waals surface area contributed by atoms with Crippen LogP contribution in [-0.2, 0) is 4.79 Å². The maximum atomic E-state index is 14.0. The first-order valence-corrected chi connectivity index (χ1v) is 12.2. The number of nitrogens with zero attached hydrogens (tertiary/aromatic N) is 1. The van der Waals surface area contributed by atoms with Crippen LogP contribution in [0.25, 0.3) is 10.2 Å². The zero-order chi connectivity index (χ0) is 21.8. The van der Waals surface area contributed by atoms with Gasteiger partial charge in [-0.05, 0) is 64.0 Å². The van der Waals surface area contributed by atoms with Crippen molar-refractivity contribution in [1.82, 2.24) is 15.6 Å². The Hall–Kier alpha value is -1.99. The van der Waals surface area contributed by atoms with E-state index in [1.165, 1.54) is 0 Å². The number of benzene rings is 1. The maximum absolute atomic E-state index is 14.0. The molecule has 2 aliphatic carbocycles. The molecule has 168 valence electrons. The first-order chi connectivity index (χ1) is 15.0. The third kappa shape index (κ3) is 5.44. The van der Waals surface area contributed by atoms with E-state index in [9.17, 15) is 9.18 Å². The summed E-state index contributed by atoms with van der Waals surface area (Å²) in [4.78, 5) is 17.0. The number of amides is 1. The van der Waals surface area contributed by atoms with Crippen LogP contribution in [0, 0.1) is 5.92 Å².